The van der Waals surface area contributed by atoms with E-state index in [0.29, 0.717) is 0 Å². The van der Waals surface area contributed by atoms with E-state index in [1.165, 1.54) is 32.1 Å². The maximum absolute atomic E-state index is 12.9. The molecule has 0 spiro atoms. The first-order valence-electron chi connectivity index (χ1n) is 7.36. The molecule has 0 saturated carbocycles. The molecule has 0 bridgehead atoms. The summed E-state index contributed by atoms with van der Waals surface area (Å²) in [5.41, 5.74) is 2.75. The molecule has 25 heavy (non-hydrogen) atoms. The molecule has 1 N–H and O–H groups in total. The summed E-state index contributed by atoms with van der Waals surface area (Å²) >= 11 is 0. The van der Waals surface area contributed by atoms with E-state index in [-0.39, 0.29) is 37.5 Å². The molecule has 0 aliphatic rings. The van der Waals surface area contributed by atoms with Crippen molar-refractivity contribution in [2.45, 2.75) is 13.8 Å². The second kappa shape index (κ2) is 9.82. The Bertz CT molecular complexity index is 867. The van der Waals surface area contributed by atoms with Gasteiger partial charge in [-0.15, -0.1) is 29.8 Å². The topological polar surface area (TPSA) is 50.2 Å². The number of fused-ring (bicyclic) bond motifs is 1. The van der Waals surface area contributed by atoms with E-state index in [1.807, 2.05) is 30.3 Å². The van der Waals surface area contributed by atoms with Crippen LogP contribution in [-0.2, 0) is 24.9 Å². The monoisotopic (exact) mass is 515 g/mol. The van der Waals surface area contributed by atoms with Crippen LogP contribution in [0, 0.1) is 11.9 Å². The Hall–Kier alpha value is -2.36. The van der Waals surface area contributed by atoms with Gasteiger partial charge >= 0.3 is 0 Å². The van der Waals surface area contributed by atoms with Crippen molar-refractivity contribution in [2.75, 3.05) is 0 Å². The van der Waals surface area contributed by atoms with Crippen LogP contribution < -0.4 is 0 Å². The first-order valence-corrected chi connectivity index (χ1v) is 7.36. The number of pyridine rings is 1. The Morgan fingerprint density at radius 1 is 1.16 bits per heavy atom. The predicted molar refractivity (Wildman–Crippen MR) is 93.0 cm³/mol. The number of hydrogen-bond donors (Lipinski definition) is 1. The molecule has 1 heterocycles. The van der Waals surface area contributed by atoms with Gasteiger partial charge in [-0.1, -0.05) is 29.8 Å². The summed E-state index contributed by atoms with van der Waals surface area (Å²) < 4.78 is 12.9. The molecule has 0 fully saturated rings. The van der Waals surface area contributed by atoms with Crippen molar-refractivity contribution in [1.29, 1.82) is 0 Å². The van der Waals surface area contributed by atoms with Crippen molar-refractivity contribution in [3.8, 4) is 11.1 Å². The zero-order chi connectivity index (χ0) is 17.5. The minimum Gasteiger partial charge on any atom is -0.512 e. The number of carbonyl (C=O) groups is 1. The molecule has 0 atom stereocenters. The van der Waals surface area contributed by atoms with E-state index in [9.17, 15) is 9.18 Å². The molecule has 3 nitrogen and oxygen atoms in total. The Labute approximate surface area is 159 Å². The van der Waals surface area contributed by atoms with Gasteiger partial charge in [-0.25, -0.2) is 0 Å². The zero-order valence-corrected chi connectivity index (χ0v) is 16.2. The van der Waals surface area contributed by atoms with Crippen LogP contribution >= 0.6 is 0 Å². The molecule has 3 rings (SSSR count). The molecule has 5 heteroatoms. The number of ketones is 1. The maximum atomic E-state index is 12.9. The second-order valence-corrected chi connectivity index (χ2v) is 5.20. The molecular weight excluding hydrogens is 497 g/mol. The van der Waals surface area contributed by atoms with E-state index in [0.717, 1.165) is 22.0 Å². The van der Waals surface area contributed by atoms with Crippen LogP contribution in [0.1, 0.15) is 13.8 Å². The molecule has 1 radical (unpaired) electrons. The van der Waals surface area contributed by atoms with Crippen LogP contribution in [0.15, 0.2) is 66.6 Å². The Balaban J connectivity index is 0.000000339. The summed E-state index contributed by atoms with van der Waals surface area (Å²) in [5, 5.41) is 9.44. The molecule has 2 aromatic carbocycles. The van der Waals surface area contributed by atoms with Crippen molar-refractivity contribution in [3.05, 3.63) is 78.4 Å². The fourth-order valence-electron chi connectivity index (χ4n) is 2.19. The van der Waals surface area contributed by atoms with Crippen LogP contribution in [-0.4, -0.2) is 15.9 Å². The summed E-state index contributed by atoms with van der Waals surface area (Å²) in [6, 6.07) is 17.3. The molecule has 0 amide bonds. The van der Waals surface area contributed by atoms with E-state index in [4.69, 9.17) is 5.11 Å². The smallest absolute Gasteiger partial charge is 0.155 e. The van der Waals surface area contributed by atoms with Gasteiger partial charge in [-0.3, -0.25) is 14.2 Å². The fraction of sp³-hybridized carbons (Fsp3) is 0.100. The van der Waals surface area contributed by atoms with E-state index in [2.05, 4.69) is 11.1 Å². The van der Waals surface area contributed by atoms with Crippen molar-refractivity contribution in [2.24, 2.45) is 0 Å². The number of rotatable bonds is 2. The van der Waals surface area contributed by atoms with Crippen LogP contribution in [0.3, 0.4) is 0 Å². The second-order valence-electron chi connectivity index (χ2n) is 5.20. The normalized spacial score (nSPS) is 10.4. The van der Waals surface area contributed by atoms with Gasteiger partial charge in [0, 0.05) is 43.7 Å². The van der Waals surface area contributed by atoms with Crippen LogP contribution in [0.25, 0.3) is 22.0 Å². The molecular formula is C20H17FIrNO2-. The summed E-state index contributed by atoms with van der Waals surface area (Å²) in [5.74, 6) is -0.338. The minimum atomic E-state index is -0.276. The number of benzene rings is 2. The summed E-state index contributed by atoms with van der Waals surface area (Å²) in [6.07, 6.45) is 2.93. The van der Waals surface area contributed by atoms with E-state index < -0.39 is 0 Å². The zero-order valence-electron chi connectivity index (χ0n) is 13.8. The number of carbonyl (C=O) groups excluding carboxylic acids is 1. The number of aliphatic hydroxyl groups is 1. The summed E-state index contributed by atoms with van der Waals surface area (Å²) in [7, 11) is 0. The molecule has 0 aliphatic heterocycles. The van der Waals surface area contributed by atoms with E-state index >= 15 is 0 Å². The third-order valence-corrected chi connectivity index (χ3v) is 3.11. The summed E-state index contributed by atoms with van der Waals surface area (Å²) in [4.78, 5) is 14.4. The number of aliphatic hydroxyl groups excluding tert-OH is 1. The van der Waals surface area contributed by atoms with Crippen molar-refractivity contribution in [3.63, 3.8) is 0 Å². The SMILES string of the molecule is CC(=O)C=C(C)O.Fc1c[c-]c(-c2cccc3cccnc23)cc1.[Ir]. The first kappa shape index (κ1) is 20.7. The van der Waals surface area contributed by atoms with Crippen LogP contribution in [0.4, 0.5) is 4.39 Å². The minimum absolute atomic E-state index is 0. The maximum Gasteiger partial charge on any atom is 0.155 e. The van der Waals surface area contributed by atoms with Gasteiger partial charge in [-0.05, 0) is 25.3 Å². The number of hydrogen-bond acceptors (Lipinski definition) is 3. The Morgan fingerprint density at radius 2 is 1.88 bits per heavy atom. The summed E-state index contributed by atoms with van der Waals surface area (Å²) in [6.45, 7) is 2.85. The molecule has 131 valence electrons. The number of allylic oxidation sites excluding steroid dienone is 2. The number of nitrogens with zero attached hydrogens (tertiary/aromatic N) is 1. The Morgan fingerprint density at radius 3 is 2.44 bits per heavy atom. The molecule has 0 unspecified atom stereocenters. The van der Waals surface area contributed by atoms with Crippen molar-refractivity contribution >= 4 is 16.7 Å². The molecule has 0 saturated heterocycles. The van der Waals surface area contributed by atoms with Crippen LogP contribution in [0.2, 0.25) is 0 Å². The molecule has 1 aromatic heterocycles. The van der Waals surface area contributed by atoms with Crippen molar-refractivity contribution < 1.29 is 34.4 Å². The molecule has 3 aromatic rings. The number of halogens is 1. The standard InChI is InChI=1S/C15H9FN.C5H8O2.Ir/c16-13-8-6-11(7-9-13)14-5-1-3-12-4-2-10-17-15(12)14;1-4(6)3-5(2)7;/h1-6,8-10H;3,6H,1-2H3;/q-1;;. The van der Waals surface area contributed by atoms with Gasteiger partial charge in [0.25, 0.3) is 0 Å². The Kier molecular flexibility index (Phi) is 8.12. The third kappa shape index (κ3) is 6.22. The first-order chi connectivity index (χ1) is 11.5. The van der Waals surface area contributed by atoms with Gasteiger partial charge in [0.2, 0.25) is 0 Å². The van der Waals surface area contributed by atoms with Crippen molar-refractivity contribution in [1.82, 2.24) is 4.98 Å². The quantitative estimate of drug-likeness (QED) is 0.302. The van der Waals surface area contributed by atoms with Gasteiger partial charge in [-0.2, -0.15) is 0 Å². The predicted octanol–water partition coefficient (Wildman–Crippen LogP) is 4.88. The van der Waals surface area contributed by atoms with Gasteiger partial charge in [0.05, 0.1) is 5.76 Å². The van der Waals surface area contributed by atoms with Crippen LogP contribution in [0.5, 0.6) is 0 Å². The van der Waals surface area contributed by atoms with Gasteiger partial charge in [0.15, 0.2) is 5.78 Å². The van der Waals surface area contributed by atoms with E-state index in [1.54, 1.807) is 12.3 Å². The number of para-hydroxylation sites is 1. The number of aromatic nitrogens is 1. The average Bonchev–Trinajstić information content (AvgIpc) is 2.54. The van der Waals surface area contributed by atoms with Gasteiger partial charge < -0.3 is 5.11 Å². The molecule has 0 aliphatic carbocycles. The third-order valence-electron chi connectivity index (χ3n) is 3.11. The van der Waals surface area contributed by atoms with Gasteiger partial charge in [0.1, 0.15) is 0 Å². The largest absolute Gasteiger partial charge is 0.512 e. The fourth-order valence-corrected chi connectivity index (χ4v) is 2.19. The average molecular weight is 515 g/mol.